The molecule has 1 N–H and O–H groups in total. The van der Waals surface area contributed by atoms with Gasteiger partial charge in [0.15, 0.2) is 0 Å². The van der Waals surface area contributed by atoms with E-state index < -0.39 is 5.82 Å². The molecule has 1 heterocycles. The number of hydrogen-bond acceptors (Lipinski definition) is 2. The fraction of sp³-hybridized carbons (Fsp3) is 0.500. The molecule has 0 bridgehead atoms. The Balaban J connectivity index is 1.91. The lowest BCUT2D eigenvalue weighted by Gasteiger charge is -2.28. The molecule has 1 aromatic rings. The van der Waals surface area contributed by atoms with E-state index in [1.807, 2.05) is 0 Å². The summed E-state index contributed by atoms with van der Waals surface area (Å²) in [5.41, 5.74) is 0.0930. The van der Waals surface area contributed by atoms with E-state index in [1.54, 1.807) is 12.1 Å². The zero-order valence-electron chi connectivity index (χ0n) is 11.0. The van der Waals surface area contributed by atoms with Gasteiger partial charge in [0.05, 0.1) is 5.56 Å². The van der Waals surface area contributed by atoms with Crippen LogP contribution in [0.3, 0.4) is 0 Å². The smallest absolute Gasteiger partial charge is 0.255 e. The molecule has 0 aliphatic carbocycles. The zero-order valence-corrected chi connectivity index (χ0v) is 12.5. The van der Waals surface area contributed by atoms with Gasteiger partial charge in [-0.1, -0.05) is 6.07 Å². The van der Waals surface area contributed by atoms with Crippen molar-refractivity contribution < 1.29 is 9.18 Å². The van der Waals surface area contributed by atoms with Gasteiger partial charge in [0.1, 0.15) is 5.82 Å². The third-order valence-corrected chi connectivity index (χ3v) is 4.24. The van der Waals surface area contributed by atoms with Crippen LogP contribution in [-0.2, 0) is 0 Å². The summed E-state index contributed by atoms with van der Waals surface area (Å²) in [7, 11) is 2.10. The summed E-state index contributed by atoms with van der Waals surface area (Å²) < 4.78 is 14.1. The minimum atomic E-state index is -0.491. The predicted molar refractivity (Wildman–Crippen MR) is 76.7 cm³/mol. The van der Waals surface area contributed by atoms with Crippen LogP contribution in [-0.4, -0.2) is 37.5 Å². The number of carbonyl (C=O) groups is 1. The molecule has 19 heavy (non-hydrogen) atoms. The fourth-order valence-electron chi connectivity index (χ4n) is 2.31. The minimum Gasteiger partial charge on any atom is -0.352 e. The largest absolute Gasteiger partial charge is 0.352 e. The van der Waals surface area contributed by atoms with Crippen molar-refractivity contribution in [2.24, 2.45) is 5.92 Å². The lowest BCUT2D eigenvalue weighted by Crippen LogP contribution is -2.37. The standard InChI is InChI=1S/C14H18BrFN2O/c1-18-7-5-10(6-8-18)9-17-14(19)13-11(15)3-2-4-12(13)16/h2-4,10H,5-9H2,1H3,(H,17,19). The number of amides is 1. The van der Waals surface area contributed by atoms with Gasteiger partial charge in [0, 0.05) is 11.0 Å². The molecule has 1 aliphatic rings. The molecule has 1 aromatic carbocycles. The quantitative estimate of drug-likeness (QED) is 0.925. The SMILES string of the molecule is CN1CCC(CNC(=O)c2c(F)cccc2Br)CC1. The van der Waals surface area contributed by atoms with Gasteiger partial charge in [-0.2, -0.15) is 0 Å². The monoisotopic (exact) mass is 328 g/mol. The van der Waals surface area contributed by atoms with E-state index in [-0.39, 0.29) is 11.5 Å². The summed E-state index contributed by atoms with van der Waals surface area (Å²) in [5, 5.41) is 2.84. The van der Waals surface area contributed by atoms with E-state index in [1.165, 1.54) is 6.07 Å². The highest BCUT2D eigenvalue weighted by Gasteiger charge is 2.19. The van der Waals surface area contributed by atoms with Gasteiger partial charge in [-0.3, -0.25) is 4.79 Å². The third-order valence-electron chi connectivity index (χ3n) is 3.58. The number of nitrogens with one attached hydrogen (secondary N) is 1. The maximum absolute atomic E-state index is 13.6. The summed E-state index contributed by atoms with van der Waals surface area (Å²) in [4.78, 5) is 14.3. The summed E-state index contributed by atoms with van der Waals surface area (Å²) in [6.07, 6.45) is 2.16. The van der Waals surface area contributed by atoms with E-state index in [0.717, 1.165) is 25.9 Å². The van der Waals surface area contributed by atoms with E-state index in [9.17, 15) is 9.18 Å². The summed E-state index contributed by atoms with van der Waals surface area (Å²) in [6.45, 7) is 2.74. The Kier molecular flexibility index (Phi) is 4.93. The average molecular weight is 329 g/mol. The molecule has 1 amide bonds. The van der Waals surface area contributed by atoms with Gasteiger partial charge in [0.2, 0.25) is 0 Å². The minimum absolute atomic E-state index is 0.0930. The molecular formula is C14H18BrFN2O. The van der Waals surface area contributed by atoms with Crippen LogP contribution in [0.4, 0.5) is 4.39 Å². The highest BCUT2D eigenvalue weighted by molar-refractivity contribution is 9.10. The number of nitrogens with zero attached hydrogens (tertiary/aromatic N) is 1. The van der Waals surface area contributed by atoms with E-state index in [0.29, 0.717) is 16.9 Å². The third kappa shape index (κ3) is 3.76. The molecule has 0 radical (unpaired) electrons. The normalized spacial score (nSPS) is 17.4. The number of hydrogen-bond donors (Lipinski definition) is 1. The Bertz CT molecular complexity index is 439. The molecule has 5 heteroatoms. The molecule has 0 saturated carbocycles. The lowest BCUT2D eigenvalue weighted by atomic mass is 9.97. The Labute approximate surface area is 121 Å². The van der Waals surface area contributed by atoms with Gasteiger partial charge in [-0.25, -0.2) is 4.39 Å². The Morgan fingerprint density at radius 1 is 1.47 bits per heavy atom. The van der Waals surface area contributed by atoms with Crippen LogP contribution in [0.1, 0.15) is 23.2 Å². The molecule has 0 unspecified atom stereocenters. The van der Waals surface area contributed by atoms with E-state index >= 15 is 0 Å². The summed E-state index contributed by atoms with van der Waals surface area (Å²) >= 11 is 3.21. The maximum atomic E-state index is 13.6. The van der Waals surface area contributed by atoms with Crippen molar-refractivity contribution >= 4 is 21.8 Å². The first-order valence-electron chi connectivity index (χ1n) is 6.48. The molecular weight excluding hydrogens is 311 g/mol. The van der Waals surface area contributed by atoms with Gasteiger partial charge in [0.25, 0.3) is 5.91 Å². The number of benzene rings is 1. The highest BCUT2D eigenvalue weighted by Crippen LogP contribution is 2.20. The predicted octanol–water partition coefficient (Wildman–Crippen LogP) is 2.66. The van der Waals surface area contributed by atoms with Crippen molar-refractivity contribution in [1.29, 1.82) is 0 Å². The Morgan fingerprint density at radius 3 is 2.79 bits per heavy atom. The first kappa shape index (κ1) is 14.5. The molecule has 1 aliphatic heterocycles. The van der Waals surface area contributed by atoms with Crippen LogP contribution >= 0.6 is 15.9 Å². The average Bonchev–Trinajstić information content (AvgIpc) is 2.38. The molecule has 1 saturated heterocycles. The molecule has 0 aromatic heterocycles. The van der Waals surface area contributed by atoms with Crippen molar-refractivity contribution in [3.05, 3.63) is 34.1 Å². The second-order valence-electron chi connectivity index (χ2n) is 5.05. The molecule has 0 spiro atoms. The second kappa shape index (κ2) is 6.48. The number of rotatable bonds is 3. The molecule has 3 nitrogen and oxygen atoms in total. The van der Waals surface area contributed by atoms with Crippen LogP contribution in [0.25, 0.3) is 0 Å². The molecule has 0 atom stereocenters. The van der Waals surface area contributed by atoms with Crippen molar-refractivity contribution in [2.45, 2.75) is 12.8 Å². The van der Waals surface area contributed by atoms with E-state index in [2.05, 4.69) is 33.2 Å². The second-order valence-corrected chi connectivity index (χ2v) is 5.91. The summed E-state index contributed by atoms with van der Waals surface area (Å²) in [5.74, 6) is -0.343. The maximum Gasteiger partial charge on any atom is 0.255 e. The Morgan fingerprint density at radius 2 is 2.16 bits per heavy atom. The highest BCUT2D eigenvalue weighted by atomic mass is 79.9. The lowest BCUT2D eigenvalue weighted by molar-refractivity contribution is 0.0934. The first-order valence-corrected chi connectivity index (χ1v) is 7.28. The van der Waals surface area contributed by atoms with Gasteiger partial charge >= 0.3 is 0 Å². The fourth-order valence-corrected chi connectivity index (χ4v) is 2.83. The van der Waals surface area contributed by atoms with Crippen LogP contribution in [0, 0.1) is 11.7 Å². The summed E-state index contributed by atoms with van der Waals surface area (Å²) in [6, 6.07) is 4.55. The zero-order chi connectivity index (χ0) is 13.8. The van der Waals surface area contributed by atoms with Crippen molar-refractivity contribution in [2.75, 3.05) is 26.7 Å². The van der Waals surface area contributed by atoms with Gasteiger partial charge < -0.3 is 10.2 Å². The molecule has 2 rings (SSSR count). The number of carbonyl (C=O) groups excluding carboxylic acids is 1. The van der Waals surface area contributed by atoms with Crippen LogP contribution in [0.2, 0.25) is 0 Å². The van der Waals surface area contributed by atoms with Crippen molar-refractivity contribution in [3.8, 4) is 0 Å². The van der Waals surface area contributed by atoms with Crippen LogP contribution < -0.4 is 5.32 Å². The molecule has 104 valence electrons. The van der Waals surface area contributed by atoms with Crippen LogP contribution in [0.15, 0.2) is 22.7 Å². The van der Waals surface area contributed by atoms with Gasteiger partial charge in [-0.05, 0) is 67.0 Å². The Hall–Kier alpha value is -0.940. The number of halogens is 2. The first-order chi connectivity index (χ1) is 9.08. The topological polar surface area (TPSA) is 32.3 Å². The van der Waals surface area contributed by atoms with Crippen molar-refractivity contribution in [3.63, 3.8) is 0 Å². The van der Waals surface area contributed by atoms with E-state index in [4.69, 9.17) is 0 Å². The van der Waals surface area contributed by atoms with Crippen LogP contribution in [0.5, 0.6) is 0 Å². The number of piperidine rings is 1. The molecule has 1 fully saturated rings. The van der Waals surface area contributed by atoms with Crippen molar-refractivity contribution in [1.82, 2.24) is 10.2 Å². The van der Waals surface area contributed by atoms with Gasteiger partial charge in [-0.15, -0.1) is 0 Å². The number of likely N-dealkylation sites (tertiary alicyclic amines) is 1.